The van der Waals surface area contributed by atoms with Crippen LogP contribution in [0.25, 0.3) is 83.4 Å². The van der Waals surface area contributed by atoms with Crippen molar-refractivity contribution in [3.05, 3.63) is 169 Å². The van der Waals surface area contributed by atoms with Crippen LogP contribution in [0, 0.1) is 12.8 Å². The average molecular weight is 659 g/mol. The molecule has 9 rings (SSSR count). The van der Waals surface area contributed by atoms with E-state index < -0.39 is 0 Å². The molecule has 0 saturated heterocycles. The lowest BCUT2D eigenvalue weighted by Gasteiger charge is -2.18. The summed E-state index contributed by atoms with van der Waals surface area (Å²) in [5, 5.41) is 2.54. The van der Waals surface area contributed by atoms with Gasteiger partial charge in [0.1, 0.15) is 5.52 Å². The topological polar surface area (TPSA) is 31.0 Å². The normalized spacial score (nSPS) is 11.7. The Kier molecular flexibility index (Phi) is 7.62. The molecule has 0 saturated carbocycles. The van der Waals surface area contributed by atoms with Crippen molar-refractivity contribution < 1.29 is 4.42 Å². The van der Waals surface area contributed by atoms with E-state index in [1.807, 2.05) is 6.07 Å². The van der Waals surface area contributed by atoms with Crippen molar-refractivity contribution in [1.82, 2.24) is 9.55 Å². The molecule has 0 fully saturated rings. The van der Waals surface area contributed by atoms with E-state index in [1.165, 1.54) is 60.8 Å². The molecule has 0 atom stereocenters. The zero-order valence-electron chi connectivity index (χ0n) is 29.1. The van der Waals surface area contributed by atoms with Crippen molar-refractivity contribution in [2.24, 2.45) is 5.92 Å². The van der Waals surface area contributed by atoms with Crippen molar-refractivity contribution in [3.63, 3.8) is 0 Å². The molecule has 246 valence electrons. The smallest absolute Gasteiger partial charge is 0.227 e. The van der Waals surface area contributed by atoms with Gasteiger partial charge in [0, 0.05) is 22.0 Å². The van der Waals surface area contributed by atoms with Gasteiger partial charge in [-0.15, -0.1) is 0 Å². The molecular formula is C48H38N2O. The molecule has 2 heterocycles. The van der Waals surface area contributed by atoms with Crippen LogP contribution in [-0.2, 0) is 6.42 Å². The predicted octanol–water partition coefficient (Wildman–Crippen LogP) is 13.1. The van der Waals surface area contributed by atoms with E-state index in [4.69, 9.17) is 9.40 Å². The monoisotopic (exact) mass is 658 g/mol. The predicted molar refractivity (Wildman–Crippen MR) is 213 cm³/mol. The van der Waals surface area contributed by atoms with Crippen molar-refractivity contribution in [1.29, 1.82) is 0 Å². The van der Waals surface area contributed by atoms with Crippen LogP contribution in [0.5, 0.6) is 0 Å². The van der Waals surface area contributed by atoms with Crippen LogP contribution in [-0.4, -0.2) is 9.55 Å². The minimum atomic E-state index is 0.563. The Hall–Kier alpha value is -6.19. The summed E-state index contributed by atoms with van der Waals surface area (Å²) >= 11 is 0. The van der Waals surface area contributed by atoms with Crippen LogP contribution in [0.2, 0.25) is 0 Å². The number of hydrogen-bond donors (Lipinski definition) is 0. The number of fused-ring (bicyclic) bond motifs is 4. The molecule has 2 aromatic heterocycles. The van der Waals surface area contributed by atoms with Gasteiger partial charge in [0.05, 0.1) is 11.0 Å². The molecule has 0 spiro atoms. The highest BCUT2D eigenvalue weighted by Gasteiger charge is 2.17. The van der Waals surface area contributed by atoms with Crippen LogP contribution in [0.15, 0.2) is 162 Å². The minimum absolute atomic E-state index is 0.563. The molecule has 3 nitrogen and oxygen atoms in total. The van der Waals surface area contributed by atoms with E-state index in [9.17, 15) is 0 Å². The Balaban J connectivity index is 1.12. The number of hydrogen-bond acceptors (Lipinski definition) is 2. The Morgan fingerprint density at radius 2 is 1.14 bits per heavy atom. The maximum Gasteiger partial charge on any atom is 0.227 e. The molecule has 3 heteroatoms. The molecule has 0 N–H and O–H groups in total. The molecule has 0 aliphatic carbocycles. The van der Waals surface area contributed by atoms with Crippen LogP contribution >= 0.6 is 0 Å². The standard InChI is InChI=1S/C48H38N2O/c1-31(2)28-33-17-26-39(35-22-24-37(25-23-35)50-45-14-8-6-12-41(45)42-13-7-9-15-46(42)50)43(30-33)40-11-5-4-10-38(40)34-18-20-36(21-19-34)48-49-44-29-32(3)16-27-47(44)51-48/h4-27,29-31H,28H2,1-3H3. The van der Waals surface area contributed by atoms with Gasteiger partial charge in [-0.05, 0) is 112 Å². The molecular weight excluding hydrogens is 621 g/mol. The van der Waals surface area contributed by atoms with Gasteiger partial charge in [-0.1, -0.05) is 123 Å². The summed E-state index contributed by atoms with van der Waals surface area (Å²) in [6, 6.07) is 57.0. The minimum Gasteiger partial charge on any atom is -0.436 e. The Morgan fingerprint density at radius 1 is 0.549 bits per heavy atom. The second-order valence-electron chi connectivity index (χ2n) is 14.0. The van der Waals surface area contributed by atoms with Gasteiger partial charge < -0.3 is 8.98 Å². The zero-order valence-corrected chi connectivity index (χ0v) is 29.1. The van der Waals surface area contributed by atoms with Gasteiger partial charge in [-0.3, -0.25) is 0 Å². The lowest BCUT2D eigenvalue weighted by molar-refractivity contribution is 0.620. The molecule has 9 aromatic rings. The fraction of sp³-hybridized carbons (Fsp3) is 0.104. The van der Waals surface area contributed by atoms with Gasteiger partial charge >= 0.3 is 0 Å². The first kappa shape index (κ1) is 30.8. The summed E-state index contributed by atoms with van der Waals surface area (Å²) in [5.74, 6) is 1.20. The number of aromatic nitrogens is 2. The number of oxazole rings is 1. The zero-order chi connectivity index (χ0) is 34.5. The lowest BCUT2D eigenvalue weighted by Crippen LogP contribution is -1.97. The maximum absolute atomic E-state index is 6.12. The second kappa shape index (κ2) is 12.6. The van der Waals surface area contributed by atoms with Crippen molar-refractivity contribution in [3.8, 4) is 50.5 Å². The fourth-order valence-electron chi connectivity index (χ4n) is 7.58. The summed E-state index contributed by atoms with van der Waals surface area (Å²) in [4.78, 5) is 4.77. The van der Waals surface area contributed by atoms with Crippen molar-refractivity contribution in [2.45, 2.75) is 27.2 Å². The number of nitrogens with zero attached hydrogens (tertiary/aromatic N) is 2. The summed E-state index contributed by atoms with van der Waals surface area (Å²) < 4.78 is 8.50. The Labute approximate surface area is 298 Å². The molecule has 0 unspecified atom stereocenters. The SMILES string of the molecule is Cc1ccc2oc(-c3ccc(-c4ccccc4-c4cc(CC(C)C)ccc4-c4ccc(-n5c6ccccc6c6ccccc65)cc4)cc3)nc2c1. The second-order valence-corrected chi connectivity index (χ2v) is 14.0. The lowest BCUT2D eigenvalue weighted by atomic mass is 9.87. The summed E-state index contributed by atoms with van der Waals surface area (Å²) in [6.07, 6.45) is 1.03. The van der Waals surface area contributed by atoms with E-state index in [0.717, 1.165) is 34.3 Å². The Morgan fingerprint density at radius 3 is 1.82 bits per heavy atom. The van der Waals surface area contributed by atoms with E-state index in [-0.39, 0.29) is 0 Å². The molecule has 0 radical (unpaired) electrons. The Bertz CT molecular complexity index is 2640. The number of para-hydroxylation sites is 2. The maximum atomic E-state index is 6.12. The van der Waals surface area contributed by atoms with Gasteiger partial charge in [-0.2, -0.15) is 0 Å². The first-order valence-electron chi connectivity index (χ1n) is 17.8. The van der Waals surface area contributed by atoms with Gasteiger partial charge in [0.15, 0.2) is 5.58 Å². The molecule has 0 amide bonds. The molecule has 0 aliphatic heterocycles. The highest BCUT2D eigenvalue weighted by Crippen LogP contribution is 2.40. The van der Waals surface area contributed by atoms with Crippen molar-refractivity contribution >= 4 is 32.9 Å². The highest BCUT2D eigenvalue weighted by atomic mass is 16.3. The summed E-state index contributed by atoms with van der Waals surface area (Å²) in [7, 11) is 0. The van der Waals surface area contributed by atoms with Crippen molar-refractivity contribution in [2.75, 3.05) is 0 Å². The first-order chi connectivity index (χ1) is 25.0. The van der Waals surface area contributed by atoms with Gasteiger partial charge in [0.2, 0.25) is 5.89 Å². The summed E-state index contributed by atoms with van der Waals surface area (Å²) in [5.41, 5.74) is 16.0. The third-order valence-electron chi connectivity index (χ3n) is 9.95. The average Bonchev–Trinajstić information content (AvgIpc) is 3.74. The quantitative estimate of drug-likeness (QED) is 0.171. The van der Waals surface area contributed by atoms with Gasteiger partial charge in [0.25, 0.3) is 0 Å². The van der Waals surface area contributed by atoms with E-state index >= 15 is 0 Å². The number of benzene rings is 7. The number of aryl methyl sites for hydroxylation is 1. The summed E-state index contributed by atoms with van der Waals surface area (Å²) in [6.45, 7) is 6.65. The van der Waals surface area contributed by atoms with Crippen LogP contribution in [0.4, 0.5) is 0 Å². The molecule has 7 aromatic carbocycles. The fourth-order valence-corrected chi connectivity index (χ4v) is 7.58. The third kappa shape index (κ3) is 5.61. The first-order valence-corrected chi connectivity index (χ1v) is 17.8. The largest absolute Gasteiger partial charge is 0.436 e. The molecule has 0 bridgehead atoms. The van der Waals surface area contributed by atoms with Crippen LogP contribution in [0.1, 0.15) is 25.0 Å². The van der Waals surface area contributed by atoms with E-state index in [2.05, 4.69) is 177 Å². The molecule has 51 heavy (non-hydrogen) atoms. The highest BCUT2D eigenvalue weighted by molar-refractivity contribution is 6.09. The third-order valence-corrected chi connectivity index (χ3v) is 9.95. The molecule has 0 aliphatic rings. The van der Waals surface area contributed by atoms with Crippen LogP contribution < -0.4 is 0 Å². The van der Waals surface area contributed by atoms with E-state index in [0.29, 0.717) is 11.8 Å². The van der Waals surface area contributed by atoms with E-state index in [1.54, 1.807) is 0 Å². The number of rotatable bonds is 7. The van der Waals surface area contributed by atoms with Crippen LogP contribution in [0.3, 0.4) is 0 Å². The van der Waals surface area contributed by atoms with Gasteiger partial charge in [-0.25, -0.2) is 4.98 Å².